The van der Waals surface area contributed by atoms with Crippen LogP contribution < -0.4 is 5.73 Å². The summed E-state index contributed by atoms with van der Waals surface area (Å²) in [5.41, 5.74) is 9.25. The first-order valence-corrected chi connectivity index (χ1v) is 13.6. The maximum absolute atomic E-state index is 12.6. The smallest absolute Gasteiger partial charge is 0.335 e. The van der Waals surface area contributed by atoms with Crippen LogP contribution in [0.25, 0.3) is 11.1 Å². The van der Waals surface area contributed by atoms with Crippen LogP contribution in [0.3, 0.4) is 0 Å². The molecule has 1 aliphatic heterocycles. The molecule has 0 aromatic heterocycles. The van der Waals surface area contributed by atoms with Crippen LogP contribution in [0, 0.1) is 13.8 Å². The summed E-state index contributed by atoms with van der Waals surface area (Å²) in [6.07, 6.45) is 3.12. The van der Waals surface area contributed by atoms with Gasteiger partial charge in [-0.25, -0.2) is 13.2 Å². The normalized spacial score (nSPS) is 13.0. The van der Waals surface area contributed by atoms with Gasteiger partial charge in [-0.1, -0.05) is 35.9 Å². The molecule has 0 saturated carbocycles. The van der Waals surface area contributed by atoms with Crippen LogP contribution in [0.15, 0.2) is 65.6 Å². The fourth-order valence-electron chi connectivity index (χ4n) is 4.04. The Kier molecular flexibility index (Phi) is 8.49. The summed E-state index contributed by atoms with van der Waals surface area (Å²) in [4.78, 5) is 36.8. The number of amides is 2. The summed E-state index contributed by atoms with van der Waals surface area (Å²) < 4.78 is 22.6. The molecule has 1 fully saturated rings. The van der Waals surface area contributed by atoms with Crippen molar-refractivity contribution < 1.29 is 27.9 Å². The third-order valence-electron chi connectivity index (χ3n) is 6.08. The Morgan fingerprint density at radius 3 is 1.95 bits per heavy atom. The van der Waals surface area contributed by atoms with E-state index in [0.717, 1.165) is 48.9 Å². The van der Waals surface area contributed by atoms with Gasteiger partial charge in [-0.05, 0) is 73.7 Å². The molecule has 1 aliphatic rings. The van der Waals surface area contributed by atoms with Crippen LogP contribution in [-0.4, -0.2) is 55.6 Å². The predicted octanol–water partition coefficient (Wildman–Crippen LogP) is 4.09. The standard InChI is InChI=1S/C19H19NO3.C9H11NO3S/c1-13-4-6-14(7-5-13)15-10-16(12-17(11-15)19(22)23)18(21)20-8-2-3-9-20;1-6-3-4-7(9(10)11)5-8(6)14(2,12)13/h4-7,10-12H,2-3,8-9H2,1H3,(H,22,23);3-5H,1-2H3,(H2,10,11). The Morgan fingerprint density at radius 2 is 1.41 bits per heavy atom. The molecule has 1 saturated heterocycles. The number of carbonyl (C=O) groups is 3. The molecule has 9 heteroatoms. The molecule has 4 rings (SSSR count). The number of sulfone groups is 1. The molecule has 3 N–H and O–H groups in total. The number of carbonyl (C=O) groups excluding carboxylic acids is 2. The summed E-state index contributed by atoms with van der Waals surface area (Å²) in [7, 11) is -3.30. The van der Waals surface area contributed by atoms with Crippen molar-refractivity contribution in [1.82, 2.24) is 4.90 Å². The molecule has 37 heavy (non-hydrogen) atoms. The Balaban J connectivity index is 0.000000233. The van der Waals surface area contributed by atoms with Crippen molar-refractivity contribution in [1.29, 1.82) is 0 Å². The molecule has 0 spiro atoms. The Hall–Kier alpha value is -3.98. The van der Waals surface area contributed by atoms with Crippen molar-refractivity contribution >= 4 is 27.6 Å². The Morgan fingerprint density at radius 1 is 0.811 bits per heavy atom. The van der Waals surface area contributed by atoms with Gasteiger partial charge in [0.15, 0.2) is 9.84 Å². The van der Waals surface area contributed by atoms with Crippen LogP contribution in [0.2, 0.25) is 0 Å². The van der Waals surface area contributed by atoms with Gasteiger partial charge in [0.2, 0.25) is 5.91 Å². The van der Waals surface area contributed by atoms with Gasteiger partial charge in [-0.2, -0.15) is 0 Å². The fourth-order valence-corrected chi connectivity index (χ4v) is 5.04. The number of aryl methyl sites for hydroxylation is 2. The van der Waals surface area contributed by atoms with E-state index in [-0.39, 0.29) is 21.9 Å². The lowest BCUT2D eigenvalue weighted by atomic mass is 9.98. The first-order valence-electron chi connectivity index (χ1n) is 11.7. The third-order valence-corrected chi connectivity index (χ3v) is 7.32. The lowest BCUT2D eigenvalue weighted by Crippen LogP contribution is -2.27. The minimum absolute atomic E-state index is 0.0843. The minimum Gasteiger partial charge on any atom is -0.478 e. The van der Waals surface area contributed by atoms with Gasteiger partial charge >= 0.3 is 5.97 Å². The molecule has 1 heterocycles. The number of hydrogen-bond acceptors (Lipinski definition) is 5. The van der Waals surface area contributed by atoms with Gasteiger partial charge in [-0.3, -0.25) is 9.59 Å². The van der Waals surface area contributed by atoms with E-state index in [1.54, 1.807) is 30.0 Å². The van der Waals surface area contributed by atoms with E-state index < -0.39 is 21.7 Å². The van der Waals surface area contributed by atoms with Gasteiger partial charge in [0.1, 0.15) is 0 Å². The number of primary amides is 1. The average molecular weight is 523 g/mol. The highest BCUT2D eigenvalue weighted by Crippen LogP contribution is 2.25. The number of benzene rings is 3. The maximum atomic E-state index is 12.6. The van der Waals surface area contributed by atoms with Crippen molar-refractivity contribution in [3.05, 3.63) is 88.5 Å². The lowest BCUT2D eigenvalue weighted by molar-refractivity contribution is 0.0696. The number of carboxylic acids is 1. The highest BCUT2D eigenvalue weighted by Gasteiger charge is 2.21. The van der Waals surface area contributed by atoms with Crippen LogP contribution >= 0.6 is 0 Å². The van der Waals surface area contributed by atoms with Gasteiger partial charge in [0, 0.05) is 30.5 Å². The van der Waals surface area contributed by atoms with E-state index in [1.807, 2.05) is 31.2 Å². The second-order valence-electron chi connectivity index (χ2n) is 9.09. The number of carboxylic acid groups (broad SMARTS) is 1. The van der Waals surface area contributed by atoms with E-state index in [4.69, 9.17) is 5.73 Å². The maximum Gasteiger partial charge on any atom is 0.335 e. The predicted molar refractivity (Wildman–Crippen MR) is 142 cm³/mol. The van der Waals surface area contributed by atoms with Crippen LogP contribution in [-0.2, 0) is 9.84 Å². The second-order valence-corrected chi connectivity index (χ2v) is 11.1. The van der Waals surface area contributed by atoms with Crippen molar-refractivity contribution in [3.63, 3.8) is 0 Å². The highest BCUT2D eigenvalue weighted by molar-refractivity contribution is 7.90. The van der Waals surface area contributed by atoms with Crippen LogP contribution in [0.5, 0.6) is 0 Å². The molecule has 3 aromatic carbocycles. The largest absolute Gasteiger partial charge is 0.478 e. The average Bonchev–Trinajstić information content (AvgIpc) is 3.38. The molecule has 0 aliphatic carbocycles. The molecular weight excluding hydrogens is 492 g/mol. The molecule has 3 aromatic rings. The highest BCUT2D eigenvalue weighted by atomic mass is 32.2. The summed E-state index contributed by atoms with van der Waals surface area (Å²) in [5.74, 6) is -1.73. The topological polar surface area (TPSA) is 135 Å². The minimum atomic E-state index is -3.30. The third kappa shape index (κ3) is 7.04. The SMILES string of the molecule is Cc1ccc(-c2cc(C(=O)O)cc(C(=O)N3CCCC3)c2)cc1.Cc1ccc(C(N)=O)cc1S(C)(=O)=O. The fraction of sp³-hybridized carbons (Fsp3) is 0.250. The first-order chi connectivity index (χ1) is 17.4. The molecule has 0 unspecified atom stereocenters. The number of hydrogen-bond donors (Lipinski definition) is 2. The molecule has 2 amide bonds. The summed E-state index contributed by atoms with van der Waals surface area (Å²) in [5, 5.41) is 9.35. The zero-order chi connectivity index (χ0) is 27.3. The van der Waals surface area contributed by atoms with Gasteiger partial charge in [0.05, 0.1) is 10.5 Å². The van der Waals surface area contributed by atoms with E-state index in [2.05, 4.69) is 0 Å². The molecule has 194 valence electrons. The molecule has 8 nitrogen and oxygen atoms in total. The number of nitrogens with zero attached hydrogens (tertiary/aromatic N) is 1. The zero-order valence-corrected chi connectivity index (χ0v) is 21.8. The van der Waals surface area contributed by atoms with E-state index in [9.17, 15) is 27.9 Å². The van der Waals surface area contributed by atoms with E-state index in [1.165, 1.54) is 18.2 Å². The second kappa shape index (κ2) is 11.4. The molecule has 0 bridgehead atoms. The van der Waals surface area contributed by atoms with E-state index >= 15 is 0 Å². The summed E-state index contributed by atoms with van der Waals surface area (Å²) in [6.45, 7) is 5.16. The van der Waals surface area contributed by atoms with Crippen LogP contribution in [0.1, 0.15) is 55.0 Å². The lowest BCUT2D eigenvalue weighted by Gasteiger charge is -2.16. The summed E-state index contributed by atoms with van der Waals surface area (Å²) >= 11 is 0. The number of aromatic carboxylic acids is 1. The molecular formula is C28H30N2O6S. The van der Waals surface area contributed by atoms with Crippen molar-refractivity contribution in [2.24, 2.45) is 5.73 Å². The zero-order valence-electron chi connectivity index (χ0n) is 21.0. The van der Waals surface area contributed by atoms with Crippen molar-refractivity contribution in [2.45, 2.75) is 31.6 Å². The summed E-state index contributed by atoms with van der Waals surface area (Å²) in [6, 6.07) is 17.1. The van der Waals surface area contributed by atoms with Gasteiger partial charge < -0.3 is 15.7 Å². The van der Waals surface area contributed by atoms with Gasteiger partial charge in [-0.15, -0.1) is 0 Å². The number of nitrogens with two attached hydrogens (primary N) is 1. The number of rotatable bonds is 5. The van der Waals surface area contributed by atoms with Crippen molar-refractivity contribution in [2.75, 3.05) is 19.3 Å². The number of likely N-dealkylation sites (tertiary alicyclic amines) is 1. The first kappa shape index (κ1) is 27.6. The van der Waals surface area contributed by atoms with Crippen molar-refractivity contribution in [3.8, 4) is 11.1 Å². The van der Waals surface area contributed by atoms with Gasteiger partial charge in [0.25, 0.3) is 5.91 Å². The quantitative estimate of drug-likeness (QED) is 0.518. The van der Waals surface area contributed by atoms with Crippen LogP contribution in [0.4, 0.5) is 0 Å². The monoisotopic (exact) mass is 522 g/mol. The molecule has 0 radical (unpaired) electrons. The van der Waals surface area contributed by atoms with E-state index in [0.29, 0.717) is 11.1 Å². The molecule has 0 atom stereocenters. The Bertz CT molecular complexity index is 1440. The Labute approximate surface area is 216 Å².